The van der Waals surface area contributed by atoms with Gasteiger partial charge in [-0.05, 0) is 31.1 Å². The van der Waals surface area contributed by atoms with Gasteiger partial charge in [0.1, 0.15) is 9.84 Å². The number of hydrogen-bond acceptors (Lipinski definition) is 3. The normalized spacial score (nSPS) is 13.1. The zero-order valence-corrected chi connectivity index (χ0v) is 10.9. The third-order valence-electron chi connectivity index (χ3n) is 3.29. The molecule has 0 radical (unpaired) electrons. The minimum atomic E-state index is -2.91. The van der Waals surface area contributed by atoms with E-state index in [-0.39, 0.29) is 23.5 Å². The molecule has 15 heavy (non-hydrogen) atoms. The molecule has 0 atom stereocenters. The molecule has 0 aromatic carbocycles. The van der Waals surface area contributed by atoms with E-state index in [1.807, 2.05) is 20.8 Å². The molecular weight excluding hydrogens is 212 g/mol. The van der Waals surface area contributed by atoms with Gasteiger partial charge in [0.15, 0.2) is 0 Å². The van der Waals surface area contributed by atoms with Crippen LogP contribution in [0.2, 0.25) is 0 Å². The van der Waals surface area contributed by atoms with Gasteiger partial charge in [0.2, 0.25) is 0 Å². The number of hydrogen-bond donors (Lipinski definition) is 1. The molecule has 0 aliphatic rings. The molecule has 0 aliphatic carbocycles. The van der Waals surface area contributed by atoms with Crippen LogP contribution in [0.15, 0.2) is 0 Å². The number of aliphatic hydroxyl groups excluding tert-OH is 1. The maximum atomic E-state index is 11.5. The van der Waals surface area contributed by atoms with E-state index in [9.17, 15) is 13.5 Å². The molecule has 1 N–H and O–H groups in total. The second-order valence-corrected chi connectivity index (χ2v) is 6.57. The van der Waals surface area contributed by atoms with Crippen molar-refractivity contribution < 1.29 is 13.5 Å². The summed E-state index contributed by atoms with van der Waals surface area (Å²) in [7, 11) is -2.91. The van der Waals surface area contributed by atoms with E-state index in [2.05, 4.69) is 0 Å². The molecule has 0 heterocycles. The van der Waals surface area contributed by atoms with Crippen molar-refractivity contribution >= 4 is 9.84 Å². The Labute approximate surface area is 93.8 Å². The summed E-state index contributed by atoms with van der Waals surface area (Å²) in [4.78, 5) is 0. The molecule has 0 aliphatic heterocycles. The van der Waals surface area contributed by atoms with Crippen molar-refractivity contribution in [2.24, 2.45) is 5.41 Å². The quantitative estimate of drug-likeness (QED) is 0.701. The van der Waals surface area contributed by atoms with E-state index in [1.54, 1.807) is 0 Å². The number of sulfone groups is 1. The van der Waals surface area contributed by atoms with Gasteiger partial charge < -0.3 is 5.11 Å². The Morgan fingerprint density at radius 2 is 1.60 bits per heavy atom. The molecule has 0 fully saturated rings. The SMILES string of the molecule is CCCS(=O)(=O)CCC(CC)(CC)CO. The van der Waals surface area contributed by atoms with Crippen molar-refractivity contribution in [2.75, 3.05) is 18.1 Å². The zero-order valence-electron chi connectivity index (χ0n) is 10.1. The van der Waals surface area contributed by atoms with Crippen LogP contribution in [0.3, 0.4) is 0 Å². The highest BCUT2D eigenvalue weighted by atomic mass is 32.2. The van der Waals surface area contributed by atoms with Crippen LogP contribution in [0.5, 0.6) is 0 Å². The molecule has 0 saturated heterocycles. The monoisotopic (exact) mass is 236 g/mol. The van der Waals surface area contributed by atoms with Crippen molar-refractivity contribution in [1.82, 2.24) is 0 Å². The maximum Gasteiger partial charge on any atom is 0.150 e. The summed E-state index contributed by atoms with van der Waals surface area (Å²) in [6, 6.07) is 0. The highest BCUT2D eigenvalue weighted by Gasteiger charge is 2.27. The van der Waals surface area contributed by atoms with Crippen molar-refractivity contribution in [3.05, 3.63) is 0 Å². The first-order valence-electron chi connectivity index (χ1n) is 5.76. The van der Waals surface area contributed by atoms with Gasteiger partial charge in [0.25, 0.3) is 0 Å². The minimum absolute atomic E-state index is 0.0850. The molecule has 0 spiro atoms. The Morgan fingerprint density at radius 1 is 1.07 bits per heavy atom. The lowest BCUT2D eigenvalue weighted by atomic mass is 9.81. The molecule has 0 saturated carbocycles. The van der Waals surface area contributed by atoms with Gasteiger partial charge in [-0.1, -0.05) is 20.8 Å². The third kappa shape index (κ3) is 4.98. The van der Waals surface area contributed by atoms with Gasteiger partial charge in [-0.15, -0.1) is 0 Å². The van der Waals surface area contributed by atoms with E-state index >= 15 is 0 Å². The number of rotatable bonds is 8. The fourth-order valence-electron chi connectivity index (χ4n) is 1.69. The summed E-state index contributed by atoms with van der Waals surface area (Å²) in [5.41, 5.74) is -0.194. The van der Waals surface area contributed by atoms with Crippen LogP contribution in [0.1, 0.15) is 46.5 Å². The molecule has 4 heteroatoms. The lowest BCUT2D eigenvalue weighted by molar-refractivity contribution is 0.111. The maximum absolute atomic E-state index is 11.5. The molecule has 92 valence electrons. The molecule has 0 rings (SSSR count). The molecule has 0 amide bonds. The molecule has 0 unspecified atom stereocenters. The fourth-order valence-corrected chi connectivity index (χ4v) is 3.26. The van der Waals surface area contributed by atoms with Crippen LogP contribution in [-0.2, 0) is 9.84 Å². The summed E-state index contributed by atoms with van der Waals surface area (Å²) in [6.07, 6.45) is 2.93. The topological polar surface area (TPSA) is 54.4 Å². The number of aliphatic hydroxyl groups is 1. The van der Waals surface area contributed by atoms with Gasteiger partial charge >= 0.3 is 0 Å². The van der Waals surface area contributed by atoms with E-state index in [4.69, 9.17) is 0 Å². The van der Waals surface area contributed by atoms with Crippen LogP contribution >= 0.6 is 0 Å². The van der Waals surface area contributed by atoms with Crippen molar-refractivity contribution in [3.63, 3.8) is 0 Å². The Morgan fingerprint density at radius 3 is 1.93 bits per heavy atom. The van der Waals surface area contributed by atoms with Crippen LogP contribution < -0.4 is 0 Å². The van der Waals surface area contributed by atoms with Crippen LogP contribution in [-0.4, -0.2) is 31.6 Å². The van der Waals surface area contributed by atoms with Gasteiger partial charge in [0, 0.05) is 12.4 Å². The summed E-state index contributed by atoms with van der Waals surface area (Å²) in [5, 5.41) is 9.31. The van der Waals surface area contributed by atoms with E-state index in [1.165, 1.54) is 0 Å². The Kier molecular flexibility index (Phi) is 6.44. The highest BCUT2D eigenvalue weighted by molar-refractivity contribution is 7.91. The lowest BCUT2D eigenvalue weighted by Crippen LogP contribution is -2.27. The molecular formula is C11H24O3S. The average molecular weight is 236 g/mol. The fraction of sp³-hybridized carbons (Fsp3) is 1.00. The van der Waals surface area contributed by atoms with Crippen LogP contribution in [0.4, 0.5) is 0 Å². The van der Waals surface area contributed by atoms with Gasteiger partial charge in [-0.25, -0.2) is 8.42 Å². The van der Waals surface area contributed by atoms with Gasteiger partial charge in [-0.2, -0.15) is 0 Å². The molecule has 0 aromatic heterocycles. The molecule has 0 aromatic rings. The van der Waals surface area contributed by atoms with Crippen LogP contribution in [0, 0.1) is 5.41 Å². The van der Waals surface area contributed by atoms with Gasteiger partial charge in [-0.3, -0.25) is 0 Å². The predicted octanol–water partition coefficient (Wildman–Crippen LogP) is 2.00. The summed E-state index contributed by atoms with van der Waals surface area (Å²) in [5.74, 6) is 0.477. The third-order valence-corrected chi connectivity index (χ3v) is 5.15. The average Bonchev–Trinajstić information content (AvgIpc) is 2.21. The highest BCUT2D eigenvalue weighted by Crippen LogP contribution is 2.30. The van der Waals surface area contributed by atoms with Crippen molar-refractivity contribution in [3.8, 4) is 0 Å². The van der Waals surface area contributed by atoms with Crippen LogP contribution in [0.25, 0.3) is 0 Å². The second-order valence-electron chi connectivity index (χ2n) is 4.27. The predicted molar refractivity (Wildman–Crippen MR) is 63.7 cm³/mol. The first-order valence-corrected chi connectivity index (χ1v) is 7.58. The first-order chi connectivity index (χ1) is 6.95. The Hall–Kier alpha value is -0.0900. The second kappa shape index (κ2) is 6.48. The standard InChI is InChI=1S/C11H24O3S/c1-4-8-15(13,14)9-7-11(5-2,6-3)10-12/h12H,4-10H2,1-3H3. The summed E-state index contributed by atoms with van der Waals surface area (Å²) in [6.45, 7) is 5.97. The smallest absolute Gasteiger partial charge is 0.150 e. The van der Waals surface area contributed by atoms with E-state index < -0.39 is 9.84 Å². The first kappa shape index (κ1) is 14.9. The summed E-state index contributed by atoms with van der Waals surface area (Å²) >= 11 is 0. The van der Waals surface area contributed by atoms with Crippen molar-refractivity contribution in [2.45, 2.75) is 46.5 Å². The molecule has 3 nitrogen and oxygen atoms in total. The Bertz CT molecular complexity index is 245. The van der Waals surface area contributed by atoms with E-state index in [0.717, 1.165) is 12.8 Å². The molecule has 0 bridgehead atoms. The summed E-state index contributed by atoms with van der Waals surface area (Å²) < 4.78 is 23.1. The zero-order chi connectivity index (χ0) is 11.9. The van der Waals surface area contributed by atoms with Gasteiger partial charge in [0.05, 0.1) is 5.75 Å². The van der Waals surface area contributed by atoms with E-state index in [0.29, 0.717) is 12.8 Å². The Balaban J connectivity index is 4.34. The largest absolute Gasteiger partial charge is 0.396 e. The lowest BCUT2D eigenvalue weighted by Gasteiger charge is -2.29. The minimum Gasteiger partial charge on any atom is -0.396 e. The van der Waals surface area contributed by atoms with Crippen molar-refractivity contribution in [1.29, 1.82) is 0 Å².